The maximum atomic E-state index is 10.8. The number of benzene rings is 2. The Labute approximate surface area is 165 Å². The van der Waals surface area contributed by atoms with Gasteiger partial charge in [-0.25, -0.2) is 0 Å². The van der Waals surface area contributed by atoms with Gasteiger partial charge in [0.25, 0.3) is 0 Å². The molecule has 0 aliphatic carbocycles. The summed E-state index contributed by atoms with van der Waals surface area (Å²) in [6, 6.07) is 17.6. The number of hydrogen-bond donors (Lipinski definition) is 1. The molecule has 28 heavy (non-hydrogen) atoms. The first-order valence-electron chi connectivity index (χ1n) is 9.60. The van der Waals surface area contributed by atoms with Gasteiger partial charge in [-0.2, -0.15) is 0 Å². The zero-order valence-electron chi connectivity index (χ0n) is 16.1. The molecule has 1 aliphatic rings. The number of hydrogen-bond acceptors (Lipinski definition) is 5. The van der Waals surface area contributed by atoms with E-state index >= 15 is 0 Å². The van der Waals surface area contributed by atoms with Crippen molar-refractivity contribution in [1.29, 1.82) is 0 Å². The van der Waals surface area contributed by atoms with Crippen LogP contribution >= 0.6 is 0 Å². The molecule has 1 fully saturated rings. The lowest BCUT2D eigenvalue weighted by Gasteiger charge is -2.29. The molecule has 1 heterocycles. The Morgan fingerprint density at radius 1 is 1.04 bits per heavy atom. The molecule has 1 saturated heterocycles. The van der Waals surface area contributed by atoms with Crippen LogP contribution < -0.4 is 14.8 Å². The van der Waals surface area contributed by atoms with Crippen molar-refractivity contribution in [3.63, 3.8) is 0 Å². The van der Waals surface area contributed by atoms with E-state index in [1.54, 1.807) is 0 Å². The fraction of sp³-hybridized carbons (Fsp3) is 0.409. The second-order valence-corrected chi connectivity index (χ2v) is 6.71. The van der Waals surface area contributed by atoms with Crippen molar-refractivity contribution in [2.24, 2.45) is 0 Å². The fourth-order valence-electron chi connectivity index (χ4n) is 2.84. The van der Waals surface area contributed by atoms with Crippen LogP contribution in [0.15, 0.2) is 54.6 Å². The first-order valence-corrected chi connectivity index (χ1v) is 9.60. The van der Waals surface area contributed by atoms with Crippen molar-refractivity contribution in [3.05, 3.63) is 60.2 Å². The normalized spacial score (nSPS) is 19.0. The minimum Gasteiger partial charge on any atom is -0.489 e. The molecule has 1 aliphatic heterocycles. The molecule has 0 bridgehead atoms. The summed E-state index contributed by atoms with van der Waals surface area (Å²) < 4.78 is 23.1. The van der Waals surface area contributed by atoms with Crippen molar-refractivity contribution >= 4 is 5.91 Å². The van der Waals surface area contributed by atoms with Gasteiger partial charge in [-0.15, -0.1) is 0 Å². The van der Waals surface area contributed by atoms with Gasteiger partial charge >= 0.3 is 0 Å². The molecule has 0 radical (unpaired) electrons. The van der Waals surface area contributed by atoms with Crippen LogP contribution in [0.2, 0.25) is 0 Å². The first kappa shape index (κ1) is 20.2. The van der Waals surface area contributed by atoms with Crippen molar-refractivity contribution < 1.29 is 23.7 Å². The molecule has 0 saturated carbocycles. The number of nitrogens with one attached hydrogen (secondary N) is 1. The van der Waals surface area contributed by atoms with Crippen LogP contribution in [0.25, 0.3) is 0 Å². The van der Waals surface area contributed by atoms with E-state index in [0.29, 0.717) is 26.4 Å². The van der Waals surface area contributed by atoms with Crippen LogP contribution in [-0.4, -0.2) is 38.1 Å². The van der Waals surface area contributed by atoms with E-state index in [0.717, 1.165) is 29.9 Å². The summed E-state index contributed by atoms with van der Waals surface area (Å²) in [5.41, 5.74) is 1.13. The van der Waals surface area contributed by atoms with Crippen LogP contribution in [0.1, 0.15) is 25.3 Å². The summed E-state index contributed by atoms with van der Waals surface area (Å²) in [6.45, 7) is 3.65. The summed E-state index contributed by atoms with van der Waals surface area (Å²) >= 11 is 0. The SMILES string of the molecule is CC(=O)NCCC[C@H]1OC[C@@H](Oc2ccc(OCc3ccccc3)cc2)CO1. The Balaban J connectivity index is 1.35. The average molecular weight is 385 g/mol. The van der Waals surface area contributed by atoms with E-state index in [-0.39, 0.29) is 18.3 Å². The van der Waals surface area contributed by atoms with E-state index in [9.17, 15) is 4.79 Å². The summed E-state index contributed by atoms with van der Waals surface area (Å²) in [4.78, 5) is 10.8. The van der Waals surface area contributed by atoms with E-state index < -0.39 is 0 Å². The molecule has 1 amide bonds. The molecular formula is C22H27NO5. The topological polar surface area (TPSA) is 66.0 Å². The zero-order valence-corrected chi connectivity index (χ0v) is 16.1. The predicted molar refractivity (Wildman–Crippen MR) is 105 cm³/mol. The Hall–Kier alpha value is -2.57. The van der Waals surface area contributed by atoms with E-state index in [2.05, 4.69) is 5.32 Å². The standard InChI is InChI=1S/C22H27NO5/c1-17(24)23-13-5-8-22-26-15-21(16-27-22)28-20-11-9-19(10-12-20)25-14-18-6-3-2-4-7-18/h2-4,6-7,9-12,21-22H,5,8,13-16H2,1H3,(H,23,24)/t21-,22+. The molecule has 0 spiro atoms. The van der Waals surface area contributed by atoms with E-state index in [1.807, 2.05) is 54.6 Å². The highest BCUT2D eigenvalue weighted by Gasteiger charge is 2.23. The van der Waals surface area contributed by atoms with Crippen LogP contribution in [0.3, 0.4) is 0 Å². The monoisotopic (exact) mass is 385 g/mol. The zero-order chi connectivity index (χ0) is 19.6. The molecule has 0 atom stereocenters. The molecule has 150 valence electrons. The number of rotatable bonds is 9. The first-order chi connectivity index (χ1) is 13.7. The number of carbonyl (C=O) groups is 1. The van der Waals surface area contributed by atoms with Crippen LogP contribution in [-0.2, 0) is 20.9 Å². The van der Waals surface area contributed by atoms with Gasteiger partial charge < -0.3 is 24.3 Å². The van der Waals surface area contributed by atoms with Crippen molar-refractivity contribution in [1.82, 2.24) is 5.32 Å². The maximum absolute atomic E-state index is 10.8. The highest BCUT2D eigenvalue weighted by Crippen LogP contribution is 2.21. The Morgan fingerprint density at radius 3 is 2.39 bits per heavy atom. The van der Waals surface area contributed by atoms with Gasteiger partial charge in [0.2, 0.25) is 5.91 Å². The van der Waals surface area contributed by atoms with Crippen LogP contribution in [0, 0.1) is 0 Å². The minimum atomic E-state index is -0.234. The largest absolute Gasteiger partial charge is 0.489 e. The molecule has 6 heteroatoms. The lowest BCUT2D eigenvalue weighted by molar-refractivity contribution is -0.213. The third kappa shape index (κ3) is 6.87. The Bertz CT molecular complexity index is 711. The second kappa shape index (κ2) is 10.7. The lowest BCUT2D eigenvalue weighted by atomic mass is 10.2. The van der Waals surface area contributed by atoms with Crippen LogP contribution in [0.4, 0.5) is 0 Å². The van der Waals surface area contributed by atoms with E-state index in [4.69, 9.17) is 18.9 Å². The Morgan fingerprint density at radius 2 is 1.71 bits per heavy atom. The maximum Gasteiger partial charge on any atom is 0.216 e. The number of ether oxygens (including phenoxy) is 4. The molecule has 0 aromatic heterocycles. The average Bonchev–Trinajstić information content (AvgIpc) is 2.72. The molecule has 6 nitrogen and oxygen atoms in total. The predicted octanol–water partition coefficient (Wildman–Crippen LogP) is 3.30. The lowest BCUT2D eigenvalue weighted by Crippen LogP contribution is -2.39. The second-order valence-electron chi connectivity index (χ2n) is 6.71. The van der Waals surface area contributed by atoms with Crippen LogP contribution in [0.5, 0.6) is 11.5 Å². The third-order valence-corrected chi connectivity index (χ3v) is 4.30. The van der Waals surface area contributed by atoms with Crippen molar-refractivity contribution in [2.45, 2.75) is 38.8 Å². The van der Waals surface area contributed by atoms with Gasteiger partial charge in [-0.05, 0) is 36.2 Å². The summed E-state index contributed by atoms with van der Waals surface area (Å²) in [7, 11) is 0. The minimum absolute atomic E-state index is 0.0181. The smallest absolute Gasteiger partial charge is 0.216 e. The highest BCUT2D eigenvalue weighted by atomic mass is 16.7. The highest BCUT2D eigenvalue weighted by molar-refractivity contribution is 5.72. The number of amides is 1. The quantitative estimate of drug-likeness (QED) is 0.671. The van der Waals surface area contributed by atoms with Gasteiger partial charge in [0.1, 0.15) is 24.2 Å². The summed E-state index contributed by atoms with van der Waals surface area (Å²) in [5, 5.41) is 2.76. The molecule has 2 aromatic rings. The Kier molecular flexibility index (Phi) is 7.70. The molecular weight excluding hydrogens is 358 g/mol. The molecule has 2 aromatic carbocycles. The van der Waals surface area contributed by atoms with Crippen molar-refractivity contribution in [2.75, 3.05) is 19.8 Å². The van der Waals surface area contributed by atoms with Gasteiger partial charge in [0, 0.05) is 19.9 Å². The van der Waals surface area contributed by atoms with Crippen molar-refractivity contribution in [3.8, 4) is 11.5 Å². The summed E-state index contributed by atoms with van der Waals surface area (Å²) in [6.07, 6.45) is 1.20. The van der Waals surface area contributed by atoms with E-state index in [1.165, 1.54) is 6.92 Å². The summed E-state index contributed by atoms with van der Waals surface area (Å²) in [5.74, 6) is 1.54. The number of carbonyl (C=O) groups excluding carboxylic acids is 1. The van der Waals surface area contributed by atoms with Gasteiger partial charge in [0.15, 0.2) is 6.29 Å². The molecule has 3 rings (SSSR count). The van der Waals surface area contributed by atoms with Gasteiger partial charge in [-0.1, -0.05) is 30.3 Å². The molecule has 1 N–H and O–H groups in total. The molecule has 0 unspecified atom stereocenters. The van der Waals surface area contributed by atoms with Gasteiger partial charge in [-0.3, -0.25) is 4.79 Å². The fourth-order valence-corrected chi connectivity index (χ4v) is 2.84. The van der Waals surface area contributed by atoms with Gasteiger partial charge in [0.05, 0.1) is 13.2 Å². The third-order valence-electron chi connectivity index (χ3n) is 4.30.